The molecular weight excluding hydrogens is 286 g/mol. The van der Waals surface area contributed by atoms with Gasteiger partial charge in [-0.15, -0.1) is 12.4 Å². The molecular formula is C17H22ClNO2. The van der Waals surface area contributed by atoms with Crippen molar-refractivity contribution in [1.82, 2.24) is 0 Å². The lowest BCUT2D eigenvalue weighted by Gasteiger charge is -2.25. The van der Waals surface area contributed by atoms with Crippen LogP contribution < -0.4 is 5.73 Å². The van der Waals surface area contributed by atoms with E-state index in [9.17, 15) is 9.90 Å². The van der Waals surface area contributed by atoms with E-state index in [0.717, 1.165) is 29.2 Å². The summed E-state index contributed by atoms with van der Waals surface area (Å²) in [6.07, 6.45) is 2.64. The molecule has 21 heavy (non-hydrogen) atoms. The van der Waals surface area contributed by atoms with E-state index < -0.39 is 11.5 Å². The van der Waals surface area contributed by atoms with Crippen molar-refractivity contribution in [3.05, 3.63) is 48.0 Å². The zero-order chi connectivity index (χ0) is 14.6. The Morgan fingerprint density at radius 3 is 2.52 bits per heavy atom. The molecule has 0 spiro atoms. The normalized spacial score (nSPS) is 13.4. The molecule has 0 fully saturated rings. The van der Waals surface area contributed by atoms with Gasteiger partial charge in [-0.25, -0.2) is 0 Å². The van der Waals surface area contributed by atoms with Gasteiger partial charge in [-0.1, -0.05) is 62.2 Å². The molecule has 0 aliphatic carbocycles. The van der Waals surface area contributed by atoms with Crippen molar-refractivity contribution in [2.45, 2.75) is 38.1 Å². The summed E-state index contributed by atoms with van der Waals surface area (Å²) in [7, 11) is 0. The number of hydrogen-bond donors (Lipinski definition) is 2. The summed E-state index contributed by atoms with van der Waals surface area (Å²) in [5.74, 6) is -0.918. The third-order valence-corrected chi connectivity index (χ3v) is 3.79. The molecule has 0 radical (unpaired) electrons. The molecule has 4 heteroatoms. The third kappa shape index (κ3) is 3.96. The van der Waals surface area contributed by atoms with Crippen molar-refractivity contribution >= 4 is 29.1 Å². The van der Waals surface area contributed by atoms with Gasteiger partial charge < -0.3 is 10.8 Å². The Hall–Kier alpha value is -1.58. The quantitative estimate of drug-likeness (QED) is 0.853. The molecule has 0 saturated carbocycles. The third-order valence-electron chi connectivity index (χ3n) is 3.79. The molecule has 1 atom stereocenters. The maximum Gasteiger partial charge on any atom is 0.324 e. The number of nitrogens with two attached hydrogens (primary N) is 1. The first-order valence-corrected chi connectivity index (χ1v) is 7.06. The minimum atomic E-state index is -1.18. The number of halogens is 1. The van der Waals surface area contributed by atoms with Crippen molar-refractivity contribution in [1.29, 1.82) is 0 Å². The predicted molar refractivity (Wildman–Crippen MR) is 89.0 cm³/mol. The summed E-state index contributed by atoms with van der Waals surface area (Å²) in [5, 5.41) is 11.7. The van der Waals surface area contributed by atoms with E-state index in [1.807, 2.05) is 49.4 Å². The van der Waals surface area contributed by atoms with Crippen molar-refractivity contribution in [2.24, 2.45) is 5.73 Å². The fraction of sp³-hybridized carbons (Fsp3) is 0.353. The van der Waals surface area contributed by atoms with Crippen molar-refractivity contribution in [3.63, 3.8) is 0 Å². The lowest BCUT2D eigenvalue weighted by atomic mass is 9.85. The molecule has 114 valence electrons. The highest BCUT2D eigenvalue weighted by Crippen LogP contribution is 2.24. The van der Waals surface area contributed by atoms with E-state index >= 15 is 0 Å². The van der Waals surface area contributed by atoms with Crippen LogP contribution in [0.3, 0.4) is 0 Å². The Morgan fingerprint density at radius 2 is 1.86 bits per heavy atom. The molecule has 2 aromatic rings. The monoisotopic (exact) mass is 307 g/mol. The van der Waals surface area contributed by atoms with Gasteiger partial charge in [0.2, 0.25) is 0 Å². The van der Waals surface area contributed by atoms with E-state index in [0.29, 0.717) is 12.8 Å². The second kappa shape index (κ2) is 7.43. The van der Waals surface area contributed by atoms with Gasteiger partial charge in [-0.2, -0.15) is 0 Å². The Bertz CT molecular complexity index is 609. The van der Waals surface area contributed by atoms with Gasteiger partial charge >= 0.3 is 5.97 Å². The topological polar surface area (TPSA) is 63.3 Å². The second-order valence-corrected chi connectivity index (χ2v) is 5.38. The molecule has 2 rings (SSSR count). The first-order chi connectivity index (χ1) is 9.57. The molecule has 3 nitrogen and oxygen atoms in total. The van der Waals surface area contributed by atoms with Crippen LogP contribution >= 0.6 is 12.4 Å². The van der Waals surface area contributed by atoms with Gasteiger partial charge in [0, 0.05) is 6.42 Å². The van der Waals surface area contributed by atoms with Gasteiger partial charge in [0.15, 0.2) is 0 Å². The van der Waals surface area contributed by atoms with E-state index in [2.05, 4.69) is 0 Å². The molecule has 0 aromatic heterocycles. The van der Waals surface area contributed by atoms with Crippen LogP contribution in [0.4, 0.5) is 0 Å². The zero-order valence-electron chi connectivity index (χ0n) is 12.2. The molecule has 3 N–H and O–H groups in total. The molecule has 0 heterocycles. The second-order valence-electron chi connectivity index (χ2n) is 5.38. The van der Waals surface area contributed by atoms with E-state index in [1.54, 1.807) is 0 Å². The number of benzene rings is 2. The number of aliphatic carboxylic acids is 1. The molecule has 0 aliphatic rings. The average molecular weight is 308 g/mol. The highest BCUT2D eigenvalue weighted by atomic mass is 35.5. The first-order valence-electron chi connectivity index (χ1n) is 7.06. The molecule has 0 unspecified atom stereocenters. The summed E-state index contributed by atoms with van der Waals surface area (Å²) in [6, 6.07) is 14.0. The number of rotatable bonds is 6. The largest absolute Gasteiger partial charge is 0.480 e. The Morgan fingerprint density at radius 1 is 1.19 bits per heavy atom. The van der Waals surface area contributed by atoms with Crippen LogP contribution in [0.2, 0.25) is 0 Å². The van der Waals surface area contributed by atoms with Crippen LogP contribution in [0.15, 0.2) is 42.5 Å². The van der Waals surface area contributed by atoms with Crippen LogP contribution in [0.5, 0.6) is 0 Å². The van der Waals surface area contributed by atoms with Crippen LogP contribution in [-0.2, 0) is 11.2 Å². The molecule has 0 saturated heterocycles. The maximum atomic E-state index is 11.5. The Kier molecular flexibility index (Phi) is 6.19. The number of carboxylic acids is 1. The number of carbonyl (C=O) groups is 1. The summed E-state index contributed by atoms with van der Waals surface area (Å²) in [5.41, 5.74) is 5.97. The lowest BCUT2D eigenvalue weighted by Crippen LogP contribution is -2.49. The van der Waals surface area contributed by atoms with Crippen LogP contribution in [0.1, 0.15) is 31.7 Å². The summed E-state index contributed by atoms with van der Waals surface area (Å²) in [4.78, 5) is 11.5. The van der Waals surface area contributed by atoms with Gasteiger partial charge in [-0.05, 0) is 22.8 Å². The molecule has 0 aliphatic heterocycles. The first kappa shape index (κ1) is 17.5. The van der Waals surface area contributed by atoms with Gasteiger partial charge in [0.1, 0.15) is 5.54 Å². The number of hydrogen-bond acceptors (Lipinski definition) is 2. The zero-order valence-corrected chi connectivity index (χ0v) is 13.0. The molecule has 0 bridgehead atoms. The highest BCUT2D eigenvalue weighted by molar-refractivity contribution is 5.87. The average Bonchev–Trinajstić information content (AvgIpc) is 2.45. The Balaban J connectivity index is 0.00000220. The summed E-state index contributed by atoms with van der Waals surface area (Å²) >= 11 is 0. The number of fused-ring (bicyclic) bond motifs is 1. The fourth-order valence-corrected chi connectivity index (χ4v) is 2.55. The molecule has 2 aromatic carbocycles. The maximum absolute atomic E-state index is 11.5. The van der Waals surface area contributed by atoms with Crippen LogP contribution in [-0.4, -0.2) is 16.6 Å². The number of unbranched alkanes of at least 4 members (excludes halogenated alkanes) is 1. The van der Waals surface area contributed by atoms with Crippen LogP contribution in [0, 0.1) is 0 Å². The summed E-state index contributed by atoms with van der Waals surface area (Å²) in [6.45, 7) is 2.04. The summed E-state index contributed by atoms with van der Waals surface area (Å²) < 4.78 is 0. The molecule has 0 amide bonds. The van der Waals surface area contributed by atoms with E-state index in [-0.39, 0.29) is 12.4 Å². The SMILES string of the molecule is CCCC[C@](N)(Cc1cccc2ccccc12)C(=O)O.Cl. The van der Waals surface area contributed by atoms with E-state index in [1.165, 1.54) is 0 Å². The van der Waals surface area contributed by atoms with Crippen molar-refractivity contribution in [2.75, 3.05) is 0 Å². The fourth-order valence-electron chi connectivity index (χ4n) is 2.55. The van der Waals surface area contributed by atoms with Crippen molar-refractivity contribution < 1.29 is 9.90 Å². The van der Waals surface area contributed by atoms with Gasteiger partial charge in [0.05, 0.1) is 0 Å². The van der Waals surface area contributed by atoms with Crippen LogP contribution in [0.25, 0.3) is 10.8 Å². The highest BCUT2D eigenvalue weighted by Gasteiger charge is 2.33. The number of carboxylic acid groups (broad SMARTS) is 1. The predicted octanol–water partition coefficient (Wildman–Crippen LogP) is 3.78. The smallest absolute Gasteiger partial charge is 0.324 e. The minimum Gasteiger partial charge on any atom is -0.480 e. The van der Waals surface area contributed by atoms with E-state index in [4.69, 9.17) is 5.73 Å². The van der Waals surface area contributed by atoms with Gasteiger partial charge in [0.25, 0.3) is 0 Å². The minimum absolute atomic E-state index is 0. The lowest BCUT2D eigenvalue weighted by molar-refractivity contribution is -0.143. The van der Waals surface area contributed by atoms with Crippen molar-refractivity contribution in [3.8, 4) is 0 Å². The van der Waals surface area contributed by atoms with Gasteiger partial charge in [-0.3, -0.25) is 4.79 Å². The standard InChI is InChI=1S/C17H21NO2.ClH/c1-2-3-11-17(18,16(19)20)12-14-9-6-8-13-7-4-5-10-15(13)14;/h4-10H,2-3,11-12,18H2,1H3,(H,19,20);1H/t17-;/m0./s1. The Labute approximate surface area is 131 Å².